The molecule has 0 radical (unpaired) electrons. The number of amides is 1. The van der Waals surface area contributed by atoms with E-state index in [1.165, 1.54) is 4.31 Å². The number of carbonyl (C=O) groups excluding carboxylic acids is 1. The average molecular weight is 401 g/mol. The molecule has 28 heavy (non-hydrogen) atoms. The lowest BCUT2D eigenvalue weighted by Crippen LogP contribution is -2.43. The summed E-state index contributed by atoms with van der Waals surface area (Å²) in [4.78, 5) is 12.9. The zero-order valence-corrected chi connectivity index (χ0v) is 17.6. The standard InChI is InChI=1S/C22H28N2O3S/c1-16-8-10-21(11-9-16)28(26,27)24(20-13-17(2)12-18(3)14-20)15-22(25)23-19-6-4-5-7-19/h8-14,19H,4-7,15H2,1-3H3,(H,23,25). The van der Waals surface area contributed by atoms with E-state index in [1.54, 1.807) is 24.3 Å². The molecule has 3 rings (SSSR count). The van der Waals surface area contributed by atoms with E-state index in [-0.39, 0.29) is 23.4 Å². The number of benzene rings is 2. The Morgan fingerprint density at radius 1 is 0.964 bits per heavy atom. The van der Waals surface area contributed by atoms with Crippen LogP contribution in [0.25, 0.3) is 0 Å². The van der Waals surface area contributed by atoms with Gasteiger partial charge in [0.15, 0.2) is 0 Å². The quantitative estimate of drug-likeness (QED) is 0.800. The third-order valence-corrected chi connectivity index (χ3v) is 6.90. The van der Waals surface area contributed by atoms with Gasteiger partial charge in [0.05, 0.1) is 10.6 Å². The molecule has 1 aliphatic carbocycles. The van der Waals surface area contributed by atoms with Crippen molar-refractivity contribution in [2.45, 2.75) is 57.4 Å². The van der Waals surface area contributed by atoms with E-state index in [2.05, 4.69) is 5.32 Å². The summed E-state index contributed by atoms with van der Waals surface area (Å²) in [7, 11) is -3.86. The second kappa shape index (κ2) is 8.35. The van der Waals surface area contributed by atoms with Crippen LogP contribution >= 0.6 is 0 Å². The molecular weight excluding hydrogens is 372 g/mol. The number of rotatable bonds is 6. The van der Waals surface area contributed by atoms with E-state index >= 15 is 0 Å². The molecule has 0 aliphatic heterocycles. The third-order valence-electron chi connectivity index (χ3n) is 5.11. The second-order valence-corrected chi connectivity index (χ2v) is 9.58. The van der Waals surface area contributed by atoms with Crippen LogP contribution < -0.4 is 9.62 Å². The van der Waals surface area contributed by atoms with Gasteiger partial charge in [-0.1, -0.05) is 36.6 Å². The molecule has 2 aromatic carbocycles. The minimum atomic E-state index is -3.86. The predicted molar refractivity (Wildman–Crippen MR) is 112 cm³/mol. The molecule has 0 saturated heterocycles. The van der Waals surface area contributed by atoms with E-state index in [4.69, 9.17) is 0 Å². The first kappa shape index (κ1) is 20.4. The largest absolute Gasteiger partial charge is 0.352 e. The summed E-state index contributed by atoms with van der Waals surface area (Å²) >= 11 is 0. The lowest BCUT2D eigenvalue weighted by Gasteiger charge is -2.25. The topological polar surface area (TPSA) is 66.5 Å². The molecule has 6 heteroatoms. The van der Waals surface area contributed by atoms with Crippen LogP contribution in [-0.2, 0) is 14.8 Å². The summed E-state index contributed by atoms with van der Waals surface area (Å²) in [6.45, 7) is 5.53. The first-order chi connectivity index (χ1) is 13.3. The second-order valence-electron chi connectivity index (χ2n) is 7.72. The van der Waals surface area contributed by atoms with Gasteiger partial charge in [0.2, 0.25) is 5.91 Å². The summed E-state index contributed by atoms with van der Waals surface area (Å²) in [6.07, 6.45) is 4.13. The molecule has 0 bridgehead atoms. The van der Waals surface area contributed by atoms with E-state index < -0.39 is 10.0 Å². The van der Waals surface area contributed by atoms with Gasteiger partial charge in [0.25, 0.3) is 10.0 Å². The highest BCUT2D eigenvalue weighted by Gasteiger charge is 2.28. The minimum absolute atomic E-state index is 0.149. The fourth-order valence-corrected chi connectivity index (χ4v) is 5.13. The molecule has 0 unspecified atom stereocenters. The molecule has 1 aliphatic rings. The Balaban J connectivity index is 1.95. The maximum Gasteiger partial charge on any atom is 0.264 e. The van der Waals surface area contributed by atoms with Crippen molar-refractivity contribution in [1.29, 1.82) is 0 Å². The smallest absolute Gasteiger partial charge is 0.264 e. The molecule has 1 amide bonds. The SMILES string of the molecule is Cc1ccc(S(=O)(=O)N(CC(=O)NC2CCCC2)c2cc(C)cc(C)c2)cc1. The van der Waals surface area contributed by atoms with Gasteiger partial charge in [-0.25, -0.2) is 8.42 Å². The van der Waals surface area contributed by atoms with Crippen LogP contribution in [0, 0.1) is 20.8 Å². The first-order valence-corrected chi connectivity index (χ1v) is 11.2. The van der Waals surface area contributed by atoms with Gasteiger partial charge in [-0.05, 0) is 69.0 Å². The lowest BCUT2D eigenvalue weighted by molar-refractivity contribution is -0.120. The van der Waals surface area contributed by atoms with Gasteiger partial charge in [-0.3, -0.25) is 9.10 Å². The van der Waals surface area contributed by atoms with Crippen LogP contribution in [0.3, 0.4) is 0 Å². The van der Waals surface area contributed by atoms with Crippen molar-refractivity contribution in [2.75, 3.05) is 10.8 Å². The summed E-state index contributed by atoms with van der Waals surface area (Å²) in [5.41, 5.74) is 3.40. The van der Waals surface area contributed by atoms with Crippen LogP contribution in [0.4, 0.5) is 5.69 Å². The van der Waals surface area contributed by atoms with Crippen LogP contribution in [0.1, 0.15) is 42.4 Å². The van der Waals surface area contributed by atoms with Gasteiger partial charge in [0, 0.05) is 6.04 Å². The zero-order chi connectivity index (χ0) is 20.3. The number of hydrogen-bond donors (Lipinski definition) is 1. The average Bonchev–Trinajstić information content (AvgIpc) is 3.12. The highest BCUT2D eigenvalue weighted by Crippen LogP contribution is 2.26. The zero-order valence-electron chi connectivity index (χ0n) is 16.7. The van der Waals surface area contributed by atoms with E-state index in [0.717, 1.165) is 42.4 Å². The van der Waals surface area contributed by atoms with Gasteiger partial charge in [0.1, 0.15) is 6.54 Å². The Morgan fingerprint density at radius 2 is 1.54 bits per heavy atom. The van der Waals surface area contributed by atoms with Crippen LogP contribution in [0.5, 0.6) is 0 Å². The maximum atomic E-state index is 13.4. The normalized spacial score (nSPS) is 14.8. The summed E-state index contributed by atoms with van der Waals surface area (Å²) in [6, 6.07) is 12.5. The molecule has 0 heterocycles. The van der Waals surface area contributed by atoms with Gasteiger partial charge < -0.3 is 5.32 Å². The molecule has 1 saturated carbocycles. The van der Waals surface area contributed by atoms with Crippen molar-refractivity contribution in [3.63, 3.8) is 0 Å². The number of nitrogens with one attached hydrogen (secondary N) is 1. The van der Waals surface area contributed by atoms with Crippen LogP contribution in [0.15, 0.2) is 47.4 Å². The monoisotopic (exact) mass is 400 g/mol. The van der Waals surface area contributed by atoms with Gasteiger partial charge in [-0.15, -0.1) is 0 Å². The van der Waals surface area contributed by atoms with Crippen molar-refractivity contribution < 1.29 is 13.2 Å². The molecule has 2 aromatic rings. The highest BCUT2D eigenvalue weighted by molar-refractivity contribution is 7.92. The summed E-state index contributed by atoms with van der Waals surface area (Å²) < 4.78 is 28.0. The van der Waals surface area contributed by atoms with E-state index in [0.29, 0.717) is 5.69 Å². The van der Waals surface area contributed by atoms with Crippen LogP contribution in [-0.4, -0.2) is 26.9 Å². The Labute approximate surface area is 167 Å². The van der Waals surface area contributed by atoms with Crippen molar-refractivity contribution in [3.8, 4) is 0 Å². The number of nitrogens with zero attached hydrogens (tertiary/aromatic N) is 1. The Hall–Kier alpha value is -2.34. The van der Waals surface area contributed by atoms with Gasteiger partial charge >= 0.3 is 0 Å². The molecule has 0 aromatic heterocycles. The Kier molecular flexibility index (Phi) is 6.08. The molecule has 1 N–H and O–H groups in total. The molecule has 150 valence electrons. The van der Waals surface area contributed by atoms with Crippen molar-refractivity contribution in [2.24, 2.45) is 0 Å². The lowest BCUT2D eigenvalue weighted by atomic mass is 10.1. The Bertz CT molecular complexity index is 926. The van der Waals surface area contributed by atoms with Crippen molar-refractivity contribution in [1.82, 2.24) is 5.32 Å². The third kappa shape index (κ3) is 4.73. The summed E-state index contributed by atoms with van der Waals surface area (Å²) in [5.74, 6) is -0.262. The molecule has 1 fully saturated rings. The van der Waals surface area contributed by atoms with Crippen molar-refractivity contribution >= 4 is 21.6 Å². The number of sulfonamides is 1. The summed E-state index contributed by atoms with van der Waals surface area (Å²) in [5, 5.41) is 3.00. The van der Waals surface area contributed by atoms with Crippen molar-refractivity contribution in [3.05, 3.63) is 59.2 Å². The highest BCUT2D eigenvalue weighted by atomic mass is 32.2. The number of hydrogen-bond acceptors (Lipinski definition) is 3. The number of carbonyl (C=O) groups is 1. The molecule has 0 atom stereocenters. The number of anilines is 1. The fourth-order valence-electron chi connectivity index (χ4n) is 3.72. The van der Waals surface area contributed by atoms with E-state index in [1.807, 2.05) is 39.0 Å². The maximum absolute atomic E-state index is 13.4. The van der Waals surface area contributed by atoms with Gasteiger partial charge in [-0.2, -0.15) is 0 Å². The fraction of sp³-hybridized carbons (Fsp3) is 0.409. The first-order valence-electron chi connectivity index (χ1n) is 9.73. The predicted octanol–water partition coefficient (Wildman–Crippen LogP) is 3.87. The molecule has 0 spiro atoms. The van der Waals surface area contributed by atoms with E-state index in [9.17, 15) is 13.2 Å². The number of aryl methyl sites for hydroxylation is 3. The Morgan fingerprint density at radius 3 is 2.11 bits per heavy atom. The molecular formula is C22H28N2O3S. The van der Waals surface area contributed by atoms with Crippen LogP contribution in [0.2, 0.25) is 0 Å². The molecule has 5 nitrogen and oxygen atoms in total. The minimum Gasteiger partial charge on any atom is -0.352 e.